The number of alkyl halides is 3. The van der Waals surface area contributed by atoms with E-state index < -0.39 is 23.9 Å². The molecule has 1 aliphatic carbocycles. The normalized spacial score (nSPS) is 17.3. The smallest absolute Gasteiger partial charge is 0.376 e. The molecule has 3 rings (SSSR count). The Kier molecular flexibility index (Phi) is 7.00. The molecule has 30 heavy (non-hydrogen) atoms. The summed E-state index contributed by atoms with van der Waals surface area (Å²) < 4.78 is 46.1. The molecule has 8 heteroatoms. The van der Waals surface area contributed by atoms with Crippen LogP contribution in [0.4, 0.5) is 18.9 Å². The monoisotopic (exact) mass is 459 g/mol. The molecule has 2 aromatic rings. The molecule has 3 atom stereocenters. The fourth-order valence-corrected chi connectivity index (χ4v) is 3.84. The van der Waals surface area contributed by atoms with Crippen molar-refractivity contribution in [2.75, 3.05) is 12.4 Å². The number of nitrogens with one attached hydrogen (secondary N) is 1. The van der Waals surface area contributed by atoms with Gasteiger partial charge in [0.1, 0.15) is 0 Å². The zero-order valence-electron chi connectivity index (χ0n) is 16.5. The molecule has 0 aliphatic heterocycles. The number of rotatable bonds is 7. The van der Waals surface area contributed by atoms with Gasteiger partial charge in [-0.3, -0.25) is 4.79 Å². The highest BCUT2D eigenvalue weighted by molar-refractivity contribution is 6.33. The van der Waals surface area contributed by atoms with Crippen molar-refractivity contribution in [3.8, 4) is 0 Å². The Bertz CT molecular complexity index is 898. The lowest BCUT2D eigenvalue weighted by atomic mass is 9.86. The molecule has 1 amide bonds. The summed E-state index contributed by atoms with van der Waals surface area (Å²) in [6.45, 7) is 0.991. The van der Waals surface area contributed by atoms with Gasteiger partial charge in [0.05, 0.1) is 28.6 Å². The second-order valence-electron chi connectivity index (χ2n) is 7.58. The van der Waals surface area contributed by atoms with Crippen LogP contribution in [-0.2, 0) is 9.53 Å². The molecule has 0 bridgehead atoms. The van der Waals surface area contributed by atoms with Crippen LogP contribution in [0.5, 0.6) is 0 Å². The van der Waals surface area contributed by atoms with Gasteiger partial charge >= 0.3 is 6.18 Å². The molecule has 1 fully saturated rings. The van der Waals surface area contributed by atoms with Gasteiger partial charge in [-0.05, 0) is 54.2 Å². The van der Waals surface area contributed by atoms with Crippen LogP contribution in [0.25, 0.3) is 0 Å². The van der Waals surface area contributed by atoms with E-state index in [1.807, 2.05) is 0 Å². The number of benzene rings is 2. The molecule has 0 heterocycles. The second-order valence-corrected chi connectivity index (χ2v) is 8.43. The maximum atomic E-state index is 13.5. The van der Waals surface area contributed by atoms with Gasteiger partial charge in [-0.15, -0.1) is 0 Å². The van der Waals surface area contributed by atoms with Crippen molar-refractivity contribution < 1.29 is 22.7 Å². The lowest BCUT2D eigenvalue weighted by molar-refractivity contribution is -0.178. The van der Waals surface area contributed by atoms with E-state index in [4.69, 9.17) is 27.9 Å². The Hall–Kier alpha value is -1.76. The van der Waals surface area contributed by atoms with Crippen LogP contribution in [-0.4, -0.2) is 19.2 Å². The quantitative estimate of drug-likeness (QED) is 0.483. The van der Waals surface area contributed by atoms with Gasteiger partial charge in [0.2, 0.25) is 5.91 Å². The Morgan fingerprint density at radius 1 is 1.10 bits per heavy atom. The summed E-state index contributed by atoms with van der Waals surface area (Å²) in [6.07, 6.45) is -2.60. The third kappa shape index (κ3) is 5.29. The summed E-state index contributed by atoms with van der Waals surface area (Å²) in [5.74, 6) is -3.75. The van der Waals surface area contributed by atoms with Crippen molar-refractivity contribution in [1.29, 1.82) is 0 Å². The average molecular weight is 460 g/mol. The van der Waals surface area contributed by atoms with Crippen LogP contribution in [0.2, 0.25) is 10.0 Å². The fourth-order valence-electron chi connectivity index (χ4n) is 3.55. The van der Waals surface area contributed by atoms with Crippen molar-refractivity contribution in [3.05, 3.63) is 63.6 Å². The minimum Gasteiger partial charge on any atom is -0.376 e. The number of hydrogen-bond donors (Lipinski definition) is 1. The highest BCUT2D eigenvalue weighted by atomic mass is 35.5. The van der Waals surface area contributed by atoms with E-state index in [-0.39, 0.29) is 22.4 Å². The third-order valence-corrected chi connectivity index (χ3v) is 5.99. The van der Waals surface area contributed by atoms with Crippen LogP contribution < -0.4 is 5.32 Å². The standard InChI is InChI=1S/C22H22Cl2F3NO2/c1-12(22(25,26)27)19(13-5-8-16(23)9-6-13)21(29)28-18-11-15(7-10-17(18)24)20(30-2)14-3-4-14/h5-12,14,19-20H,3-4H2,1-2H3,(H,28,29)/t12-,19+,20?/m1/s1. The number of hydrogen-bond acceptors (Lipinski definition) is 2. The molecule has 2 aromatic carbocycles. The summed E-state index contributed by atoms with van der Waals surface area (Å²) in [7, 11) is 1.61. The van der Waals surface area contributed by atoms with Gasteiger partial charge in [0, 0.05) is 12.1 Å². The van der Waals surface area contributed by atoms with Crippen LogP contribution in [0.15, 0.2) is 42.5 Å². The van der Waals surface area contributed by atoms with Crippen molar-refractivity contribution in [2.45, 2.75) is 38.0 Å². The van der Waals surface area contributed by atoms with Crippen LogP contribution in [0, 0.1) is 11.8 Å². The first kappa shape index (κ1) is 22.9. The molecule has 1 N–H and O–H groups in total. The summed E-state index contributed by atoms with van der Waals surface area (Å²) in [5.41, 5.74) is 1.31. The van der Waals surface area contributed by atoms with Crippen LogP contribution in [0.1, 0.15) is 42.9 Å². The number of anilines is 1. The number of ether oxygens (including phenoxy) is 1. The van der Waals surface area contributed by atoms with Gasteiger partial charge in [0.15, 0.2) is 0 Å². The number of methoxy groups -OCH3 is 1. The highest BCUT2D eigenvalue weighted by Gasteiger charge is 2.45. The molecule has 0 saturated heterocycles. The summed E-state index contributed by atoms with van der Waals surface area (Å²) in [4.78, 5) is 13.0. The minimum atomic E-state index is -4.56. The molecule has 0 aromatic heterocycles. The van der Waals surface area contributed by atoms with E-state index in [1.54, 1.807) is 25.3 Å². The molecule has 1 aliphatic rings. The number of amides is 1. The maximum absolute atomic E-state index is 13.5. The van der Waals surface area contributed by atoms with E-state index in [0.717, 1.165) is 25.3 Å². The molecular formula is C22H22Cl2F3NO2. The topological polar surface area (TPSA) is 38.3 Å². The second kappa shape index (κ2) is 9.16. The van der Waals surface area contributed by atoms with Gasteiger partial charge in [-0.1, -0.05) is 48.3 Å². The molecule has 0 spiro atoms. The Morgan fingerprint density at radius 2 is 1.70 bits per heavy atom. The van der Waals surface area contributed by atoms with Crippen molar-refractivity contribution >= 4 is 34.8 Å². The van der Waals surface area contributed by atoms with Crippen molar-refractivity contribution in [1.82, 2.24) is 0 Å². The third-order valence-electron chi connectivity index (χ3n) is 5.41. The van der Waals surface area contributed by atoms with Gasteiger partial charge < -0.3 is 10.1 Å². The van der Waals surface area contributed by atoms with Gasteiger partial charge in [-0.25, -0.2) is 0 Å². The summed E-state index contributed by atoms with van der Waals surface area (Å²) in [6, 6.07) is 10.9. The first-order valence-electron chi connectivity index (χ1n) is 9.57. The minimum absolute atomic E-state index is 0.140. The highest BCUT2D eigenvalue weighted by Crippen LogP contribution is 2.44. The SMILES string of the molecule is COC(c1ccc(Cl)c(NC(=O)[C@H](c2ccc(Cl)cc2)[C@@H](C)C(F)(F)F)c1)C1CC1. The number of halogens is 5. The van der Waals surface area contributed by atoms with Crippen molar-refractivity contribution in [3.63, 3.8) is 0 Å². The van der Waals surface area contributed by atoms with E-state index in [0.29, 0.717) is 10.9 Å². The van der Waals surface area contributed by atoms with E-state index >= 15 is 0 Å². The Labute approximate surface area is 183 Å². The van der Waals surface area contributed by atoms with Gasteiger partial charge in [-0.2, -0.15) is 13.2 Å². The predicted molar refractivity (Wildman–Crippen MR) is 112 cm³/mol. The lowest BCUT2D eigenvalue weighted by Gasteiger charge is -2.26. The molecule has 1 unspecified atom stereocenters. The summed E-state index contributed by atoms with van der Waals surface area (Å²) >= 11 is 12.1. The predicted octanol–water partition coefficient (Wildman–Crippen LogP) is 7.01. The van der Waals surface area contributed by atoms with Crippen molar-refractivity contribution in [2.24, 2.45) is 11.8 Å². The lowest BCUT2D eigenvalue weighted by Crippen LogP contribution is -2.34. The molecule has 3 nitrogen and oxygen atoms in total. The average Bonchev–Trinajstić information content (AvgIpc) is 3.51. The first-order chi connectivity index (χ1) is 14.1. The van der Waals surface area contributed by atoms with E-state index in [1.165, 1.54) is 24.3 Å². The number of carbonyl (C=O) groups is 1. The molecule has 162 valence electrons. The van der Waals surface area contributed by atoms with Crippen LogP contribution in [0.3, 0.4) is 0 Å². The molecular weight excluding hydrogens is 438 g/mol. The van der Waals surface area contributed by atoms with E-state index in [9.17, 15) is 18.0 Å². The largest absolute Gasteiger partial charge is 0.392 e. The molecule has 1 saturated carbocycles. The Balaban J connectivity index is 1.91. The molecule has 0 radical (unpaired) electrons. The summed E-state index contributed by atoms with van der Waals surface area (Å²) in [5, 5.41) is 3.21. The zero-order valence-corrected chi connectivity index (χ0v) is 18.0. The maximum Gasteiger partial charge on any atom is 0.392 e. The van der Waals surface area contributed by atoms with Crippen LogP contribution >= 0.6 is 23.2 Å². The number of carbonyl (C=O) groups excluding carboxylic acids is 1. The van der Waals surface area contributed by atoms with E-state index in [2.05, 4.69) is 5.32 Å². The fraction of sp³-hybridized carbons (Fsp3) is 0.409. The first-order valence-corrected chi connectivity index (χ1v) is 10.3. The van der Waals surface area contributed by atoms with Gasteiger partial charge in [0.25, 0.3) is 0 Å². The zero-order chi connectivity index (χ0) is 22.1. The Morgan fingerprint density at radius 3 is 2.23 bits per heavy atom.